The summed E-state index contributed by atoms with van der Waals surface area (Å²) in [6.45, 7) is 4.11. The van der Waals surface area contributed by atoms with E-state index in [2.05, 4.69) is 69.5 Å². The molecule has 1 aromatic carbocycles. The van der Waals surface area contributed by atoms with Crippen molar-refractivity contribution in [3.05, 3.63) is 56.4 Å². The average Bonchev–Trinajstić information content (AvgIpc) is 2.55. The van der Waals surface area contributed by atoms with E-state index < -0.39 is 0 Å². The lowest BCUT2D eigenvalue weighted by Crippen LogP contribution is -2.43. The highest BCUT2D eigenvalue weighted by molar-refractivity contribution is 9.10. The third kappa shape index (κ3) is 3.70. The SMILES string of the molecule is Cc1ccc(C2CC(Nc3cnn(C)c(=O)c3Br)CN(C)C2)cc1. The van der Waals surface area contributed by atoms with Crippen molar-refractivity contribution < 1.29 is 0 Å². The van der Waals surface area contributed by atoms with E-state index in [9.17, 15) is 4.79 Å². The van der Waals surface area contributed by atoms with Gasteiger partial charge >= 0.3 is 0 Å². The lowest BCUT2D eigenvalue weighted by atomic mass is 9.88. The molecule has 2 unspecified atom stereocenters. The minimum atomic E-state index is -0.126. The summed E-state index contributed by atoms with van der Waals surface area (Å²) in [5, 5.41) is 7.60. The van der Waals surface area contributed by atoms with Crippen LogP contribution in [-0.4, -0.2) is 40.9 Å². The van der Waals surface area contributed by atoms with Gasteiger partial charge in [-0.2, -0.15) is 5.10 Å². The van der Waals surface area contributed by atoms with E-state index in [1.54, 1.807) is 13.2 Å². The van der Waals surface area contributed by atoms with Gasteiger partial charge in [0.1, 0.15) is 4.47 Å². The number of nitrogens with zero attached hydrogens (tertiary/aromatic N) is 3. The molecule has 3 rings (SSSR count). The molecule has 0 aliphatic carbocycles. The monoisotopic (exact) mass is 390 g/mol. The van der Waals surface area contributed by atoms with Crippen molar-refractivity contribution in [2.45, 2.75) is 25.3 Å². The molecule has 1 aromatic heterocycles. The Hall–Kier alpha value is -1.66. The fourth-order valence-corrected chi connectivity index (χ4v) is 3.81. The molecular formula is C18H23BrN4O. The third-order valence-corrected chi connectivity index (χ3v) is 5.39. The first kappa shape index (κ1) is 17.2. The minimum Gasteiger partial charge on any atom is -0.379 e. The number of hydrogen-bond acceptors (Lipinski definition) is 4. The number of aromatic nitrogens is 2. The number of benzene rings is 1. The topological polar surface area (TPSA) is 50.2 Å². The number of halogens is 1. The van der Waals surface area contributed by atoms with Crippen LogP contribution < -0.4 is 10.9 Å². The summed E-state index contributed by atoms with van der Waals surface area (Å²) in [5.41, 5.74) is 3.30. The number of aryl methyl sites for hydroxylation is 2. The lowest BCUT2D eigenvalue weighted by molar-refractivity contribution is 0.235. The second kappa shape index (κ2) is 7.07. The Balaban J connectivity index is 1.78. The molecule has 0 bridgehead atoms. The number of rotatable bonds is 3. The molecule has 0 radical (unpaired) electrons. The van der Waals surface area contributed by atoms with Crippen LogP contribution in [0.25, 0.3) is 0 Å². The molecule has 24 heavy (non-hydrogen) atoms. The molecule has 1 N–H and O–H groups in total. The highest BCUT2D eigenvalue weighted by atomic mass is 79.9. The Labute approximate surface area is 150 Å². The van der Waals surface area contributed by atoms with Crippen LogP contribution in [0, 0.1) is 6.92 Å². The fourth-order valence-electron chi connectivity index (χ4n) is 3.34. The summed E-state index contributed by atoms with van der Waals surface area (Å²) < 4.78 is 1.87. The van der Waals surface area contributed by atoms with Crippen molar-refractivity contribution in [2.75, 3.05) is 25.5 Å². The second-order valence-corrected chi connectivity index (χ2v) is 7.50. The summed E-state index contributed by atoms with van der Waals surface area (Å²) in [4.78, 5) is 14.4. The van der Waals surface area contributed by atoms with Gasteiger partial charge in [-0.05, 0) is 47.8 Å². The van der Waals surface area contributed by atoms with E-state index in [0.717, 1.165) is 25.2 Å². The molecule has 2 atom stereocenters. The zero-order valence-corrected chi connectivity index (χ0v) is 15.9. The van der Waals surface area contributed by atoms with Crippen LogP contribution in [0.2, 0.25) is 0 Å². The highest BCUT2D eigenvalue weighted by Crippen LogP contribution is 2.29. The maximum Gasteiger partial charge on any atom is 0.282 e. The van der Waals surface area contributed by atoms with E-state index in [0.29, 0.717) is 10.4 Å². The Morgan fingerprint density at radius 2 is 1.92 bits per heavy atom. The summed E-state index contributed by atoms with van der Waals surface area (Å²) >= 11 is 3.39. The summed E-state index contributed by atoms with van der Waals surface area (Å²) in [7, 11) is 3.80. The van der Waals surface area contributed by atoms with E-state index >= 15 is 0 Å². The van der Waals surface area contributed by atoms with Gasteiger partial charge in [0.2, 0.25) is 0 Å². The quantitative estimate of drug-likeness (QED) is 0.875. The number of anilines is 1. The zero-order chi connectivity index (χ0) is 17.3. The summed E-state index contributed by atoms with van der Waals surface area (Å²) in [6, 6.07) is 9.08. The van der Waals surface area contributed by atoms with Gasteiger partial charge in [-0.1, -0.05) is 29.8 Å². The molecule has 0 saturated carbocycles. The van der Waals surface area contributed by atoms with E-state index in [1.165, 1.54) is 15.8 Å². The number of hydrogen-bond donors (Lipinski definition) is 1. The predicted octanol–water partition coefficient (Wildman–Crippen LogP) is 2.75. The second-order valence-electron chi connectivity index (χ2n) is 6.71. The van der Waals surface area contributed by atoms with E-state index in [-0.39, 0.29) is 11.6 Å². The number of nitrogens with one attached hydrogen (secondary N) is 1. The largest absolute Gasteiger partial charge is 0.379 e. The van der Waals surface area contributed by atoms with Crippen LogP contribution in [0.3, 0.4) is 0 Å². The van der Waals surface area contributed by atoms with E-state index in [4.69, 9.17) is 0 Å². The van der Waals surface area contributed by atoms with Gasteiger partial charge in [-0.15, -0.1) is 0 Å². The number of piperidine rings is 1. The third-order valence-electron chi connectivity index (χ3n) is 4.62. The Kier molecular flexibility index (Phi) is 5.06. The highest BCUT2D eigenvalue weighted by Gasteiger charge is 2.27. The average molecular weight is 391 g/mol. The van der Waals surface area contributed by atoms with Gasteiger partial charge in [-0.3, -0.25) is 4.79 Å². The molecule has 128 valence electrons. The lowest BCUT2D eigenvalue weighted by Gasteiger charge is -2.36. The van der Waals surface area contributed by atoms with Crippen molar-refractivity contribution in [1.82, 2.24) is 14.7 Å². The predicted molar refractivity (Wildman–Crippen MR) is 101 cm³/mol. The van der Waals surface area contributed by atoms with Gasteiger partial charge in [0.25, 0.3) is 5.56 Å². The zero-order valence-electron chi connectivity index (χ0n) is 14.3. The van der Waals surface area contributed by atoms with Crippen molar-refractivity contribution >= 4 is 21.6 Å². The van der Waals surface area contributed by atoms with Crippen LogP contribution in [0.1, 0.15) is 23.5 Å². The number of likely N-dealkylation sites (tertiary alicyclic amines) is 1. The molecule has 6 heteroatoms. The summed E-state index contributed by atoms with van der Waals surface area (Å²) in [5.74, 6) is 0.486. The molecule has 0 amide bonds. The van der Waals surface area contributed by atoms with Gasteiger partial charge in [-0.25, -0.2) is 4.68 Å². The number of likely N-dealkylation sites (N-methyl/N-ethyl adjacent to an activating group) is 1. The van der Waals surface area contributed by atoms with Gasteiger partial charge in [0, 0.05) is 26.2 Å². The molecule has 5 nitrogen and oxygen atoms in total. The minimum absolute atomic E-state index is 0.126. The van der Waals surface area contributed by atoms with Crippen LogP contribution >= 0.6 is 15.9 Å². The molecule has 1 aliphatic heterocycles. The Morgan fingerprint density at radius 3 is 2.62 bits per heavy atom. The van der Waals surface area contributed by atoms with Gasteiger partial charge in [0.05, 0.1) is 11.9 Å². The van der Waals surface area contributed by atoms with Gasteiger partial charge < -0.3 is 10.2 Å². The van der Waals surface area contributed by atoms with Crippen LogP contribution in [0.5, 0.6) is 0 Å². The maximum atomic E-state index is 12.0. The standard InChI is InChI=1S/C18H23BrN4O/c1-12-4-6-13(7-5-12)14-8-15(11-22(2)10-14)21-16-9-20-23(3)18(24)17(16)19/h4-7,9,14-15,21H,8,10-11H2,1-3H3. The van der Waals surface area contributed by atoms with Gasteiger partial charge in [0.15, 0.2) is 0 Å². The Bertz CT molecular complexity index is 772. The Morgan fingerprint density at radius 1 is 1.21 bits per heavy atom. The fraction of sp³-hybridized carbons (Fsp3) is 0.444. The van der Waals surface area contributed by atoms with Crippen molar-refractivity contribution in [1.29, 1.82) is 0 Å². The molecule has 1 saturated heterocycles. The first-order valence-electron chi connectivity index (χ1n) is 8.17. The first-order valence-corrected chi connectivity index (χ1v) is 8.97. The summed E-state index contributed by atoms with van der Waals surface area (Å²) in [6.07, 6.45) is 2.75. The molecule has 2 aromatic rings. The normalized spacial score (nSPS) is 21.7. The maximum absolute atomic E-state index is 12.0. The first-order chi connectivity index (χ1) is 11.4. The molecular weight excluding hydrogens is 368 g/mol. The van der Waals surface area contributed by atoms with Crippen LogP contribution in [0.15, 0.2) is 39.7 Å². The molecule has 0 spiro atoms. The molecule has 1 fully saturated rings. The van der Waals surface area contributed by atoms with Crippen LogP contribution in [0.4, 0.5) is 5.69 Å². The van der Waals surface area contributed by atoms with Crippen molar-refractivity contribution in [2.24, 2.45) is 7.05 Å². The van der Waals surface area contributed by atoms with Crippen LogP contribution in [-0.2, 0) is 7.05 Å². The van der Waals surface area contributed by atoms with Crippen molar-refractivity contribution in [3.63, 3.8) is 0 Å². The smallest absolute Gasteiger partial charge is 0.282 e. The molecule has 1 aliphatic rings. The van der Waals surface area contributed by atoms with Crippen molar-refractivity contribution in [3.8, 4) is 0 Å². The van der Waals surface area contributed by atoms with E-state index in [1.807, 2.05) is 0 Å². The molecule has 2 heterocycles.